The molecular formula is C7H9NO7. The van der Waals surface area contributed by atoms with Gasteiger partial charge in [-0.2, -0.15) is 0 Å². The Morgan fingerprint density at radius 2 is 2.00 bits per heavy atom. The van der Waals surface area contributed by atoms with Crippen LogP contribution in [0.2, 0.25) is 0 Å². The van der Waals surface area contributed by atoms with Crippen LogP contribution < -0.4 is 5.73 Å². The van der Waals surface area contributed by atoms with Gasteiger partial charge >= 0.3 is 24.6 Å². The third kappa shape index (κ3) is 6.16. The van der Waals surface area contributed by atoms with Crippen LogP contribution in [0.25, 0.3) is 0 Å². The van der Waals surface area contributed by atoms with Gasteiger partial charge in [0.1, 0.15) is 6.04 Å². The zero-order valence-electron chi connectivity index (χ0n) is 7.54. The minimum absolute atomic E-state index is 0.0522. The minimum atomic E-state index is -1.77. The van der Waals surface area contributed by atoms with Gasteiger partial charge in [0, 0.05) is 6.42 Å². The zero-order valence-corrected chi connectivity index (χ0v) is 7.54. The average molecular weight is 219 g/mol. The Morgan fingerprint density at radius 1 is 1.40 bits per heavy atom. The van der Waals surface area contributed by atoms with Gasteiger partial charge in [-0.15, -0.1) is 0 Å². The fourth-order valence-electron chi connectivity index (χ4n) is 0.666. The van der Waals surface area contributed by atoms with E-state index in [0.717, 1.165) is 0 Å². The van der Waals surface area contributed by atoms with Crippen molar-refractivity contribution in [3.63, 3.8) is 0 Å². The maximum atomic E-state index is 10.8. The first-order valence-corrected chi connectivity index (χ1v) is 3.80. The second-order valence-electron chi connectivity index (χ2n) is 2.42. The van der Waals surface area contributed by atoms with Crippen molar-refractivity contribution in [2.24, 2.45) is 5.73 Å². The molecule has 1 atom stereocenters. The molecule has 0 amide bonds. The van der Waals surface area contributed by atoms with E-state index in [0.29, 0.717) is 0 Å². The highest BCUT2D eigenvalue weighted by atomic mass is 16.7. The maximum Gasteiger partial charge on any atom is 0.513 e. The molecule has 0 aliphatic heterocycles. The molecular weight excluding hydrogens is 210 g/mol. The van der Waals surface area contributed by atoms with Crippen molar-refractivity contribution in [3.8, 4) is 0 Å². The Bertz CT molecular complexity index is 275. The van der Waals surface area contributed by atoms with Gasteiger partial charge in [-0.1, -0.05) is 0 Å². The molecule has 0 aliphatic carbocycles. The number of carbonyl (C=O) groups excluding carboxylic acids is 3. The molecule has 84 valence electrons. The average Bonchev–Trinajstić information content (AvgIpc) is 2.13. The first-order chi connectivity index (χ1) is 6.97. The van der Waals surface area contributed by atoms with Gasteiger partial charge in [0.25, 0.3) is 0 Å². The van der Waals surface area contributed by atoms with Crippen molar-refractivity contribution in [1.29, 1.82) is 0 Å². The summed E-state index contributed by atoms with van der Waals surface area (Å²) in [4.78, 5) is 41.0. The number of hydrogen-bond acceptors (Lipinski definition) is 7. The molecule has 0 saturated carbocycles. The van der Waals surface area contributed by atoms with E-state index in [2.05, 4.69) is 9.47 Å². The second-order valence-corrected chi connectivity index (χ2v) is 2.42. The highest BCUT2D eigenvalue weighted by Gasteiger charge is 2.19. The standard InChI is InChI=1S/C7H9NO7/c8-4(6(11)15-7(12)13)1-2-5(10)14-3-9/h3-4H,1-2,8H2,(H,12,13)/t4-/m0/s1. The fraction of sp³-hybridized carbons (Fsp3) is 0.429. The Labute approximate surface area is 83.9 Å². The van der Waals surface area contributed by atoms with Gasteiger partial charge in [0.15, 0.2) is 0 Å². The third-order valence-electron chi connectivity index (χ3n) is 1.33. The largest absolute Gasteiger partial charge is 0.513 e. The smallest absolute Gasteiger partial charge is 0.449 e. The molecule has 0 aromatic carbocycles. The molecule has 0 radical (unpaired) electrons. The van der Waals surface area contributed by atoms with Crippen LogP contribution in [0, 0.1) is 0 Å². The zero-order chi connectivity index (χ0) is 11.8. The van der Waals surface area contributed by atoms with Gasteiger partial charge in [-0.05, 0) is 6.42 Å². The van der Waals surface area contributed by atoms with Gasteiger partial charge in [0.2, 0.25) is 0 Å². The van der Waals surface area contributed by atoms with E-state index in [4.69, 9.17) is 10.8 Å². The summed E-state index contributed by atoms with van der Waals surface area (Å²) < 4.78 is 7.64. The molecule has 8 heteroatoms. The maximum absolute atomic E-state index is 10.8. The number of hydrogen-bond donors (Lipinski definition) is 2. The lowest BCUT2D eigenvalue weighted by Crippen LogP contribution is -2.34. The van der Waals surface area contributed by atoms with Crippen molar-refractivity contribution in [2.75, 3.05) is 0 Å². The van der Waals surface area contributed by atoms with Crippen molar-refractivity contribution in [3.05, 3.63) is 0 Å². The Kier molecular flexibility index (Phi) is 5.64. The summed E-state index contributed by atoms with van der Waals surface area (Å²) in [7, 11) is 0. The van der Waals surface area contributed by atoms with Crippen LogP contribution in [0.15, 0.2) is 0 Å². The first kappa shape index (κ1) is 13.0. The molecule has 8 nitrogen and oxygen atoms in total. The number of carbonyl (C=O) groups is 4. The van der Waals surface area contributed by atoms with Crippen LogP contribution in [-0.2, 0) is 23.9 Å². The Hall–Kier alpha value is -1.96. The van der Waals surface area contributed by atoms with Gasteiger partial charge < -0.3 is 20.3 Å². The summed E-state index contributed by atoms with van der Waals surface area (Å²) in [6, 6.07) is -1.25. The molecule has 0 aliphatic rings. The lowest BCUT2D eigenvalue weighted by Gasteiger charge is -2.06. The van der Waals surface area contributed by atoms with Crippen LogP contribution in [0.5, 0.6) is 0 Å². The van der Waals surface area contributed by atoms with Crippen LogP contribution in [-0.4, -0.2) is 35.7 Å². The Balaban J connectivity index is 3.87. The summed E-state index contributed by atoms with van der Waals surface area (Å²) >= 11 is 0. The van der Waals surface area contributed by atoms with E-state index >= 15 is 0 Å². The normalized spacial score (nSPS) is 11.3. The van der Waals surface area contributed by atoms with Gasteiger partial charge in [0.05, 0.1) is 0 Å². The summed E-state index contributed by atoms with van der Waals surface area (Å²) in [6.07, 6.45) is -2.22. The van der Waals surface area contributed by atoms with E-state index < -0.39 is 24.1 Å². The van der Waals surface area contributed by atoms with E-state index in [1.165, 1.54) is 0 Å². The minimum Gasteiger partial charge on any atom is -0.449 e. The van der Waals surface area contributed by atoms with E-state index in [1.54, 1.807) is 0 Å². The van der Waals surface area contributed by atoms with Crippen molar-refractivity contribution >= 4 is 24.6 Å². The molecule has 0 unspecified atom stereocenters. The molecule has 0 aromatic heterocycles. The Morgan fingerprint density at radius 3 is 2.47 bits per heavy atom. The second kappa shape index (κ2) is 6.49. The first-order valence-electron chi connectivity index (χ1n) is 3.80. The third-order valence-corrected chi connectivity index (χ3v) is 1.33. The quantitative estimate of drug-likeness (QED) is 0.342. The predicted octanol–water partition coefficient (Wildman–Crippen LogP) is -0.985. The van der Waals surface area contributed by atoms with Crippen LogP contribution in [0.3, 0.4) is 0 Å². The van der Waals surface area contributed by atoms with E-state index in [1.807, 2.05) is 0 Å². The van der Waals surface area contributed by atoms with Crippen molar-refractivity contribution in [2.45, 2.75) is 18.9 Å². The number of esters is 2. The number of ether oxygens (including phenoxy) is 2. The predicted molar refractivity (Wildman–Crippen MR) is 43.5 cm³/mol. The monoisotopic (exact) mass is 219 g/mol. The van der Waals surface area contributed by atoms with E-state index in [-0.39, 0.29) is 19.3 Å². The topological polar surface area (TPSA) is 133 Å². The number of carboxylic acid groups (broad SMARTS) is 1. The molecule has 0 saturated heterocycles. The summed E-state index contributed by atoms with van der Waals surface area (Å²) in [5, 5.41) is 8.06. The lowest BCUT2D eigenvalue weighted by atomic mass is 10.2. The fourth-order valence-corrected chi connectivity index (χ4v) is 0.666. The lowest BCUT2D eigenvalue weighted by molar-refractivity contribution is -0.151. The van der Waals surface area contributed by atoms with Gasteiger partial charge in [-0.3, -0.25) is 9.59 Å². The number of rotatable bonds is 5. The molecule has 0 fully saturated rings. The summed E-state index contributed by atoms with van der Waals surface area (Å²) in [6.45, 7) is -0.0522. The molecule has 0 heterocycles. The molecule has 0 rings (SSSR count). The molecule has 0 aromatic rings. The SMILES string of the molecule is N[C@@H](CCC(=O)OC=O)C(=O)OC(=O)O. The van der Waals surface area contributed by atoms with Crippen LogP contribution in [0.4, 0.5) is 4.79 Å². The van der Waals surface area contributed by atoms with Crippen LogP contribution >= 0.6 is 0 Å². The molecule has 0 spiro atoms. The molecule has 0 bridgehead atoms. The summed E-state index contributed by atoms with van der Waals surface area (Å²) in [5.74, 6) is -2.02. The van der Waals surface area contributed by atoms with Crippen molar-refractivity contribution in [1.82, 2.24) is 0 Å². The molecule has 15 heavy (non-hydrogen) atoms. The molecule has 3 N–H and O–H groups in total. The number of nitrogens with two attached hydrogens (primary N) is 1. The van der Waals surface area contributed by atoms with Gasteiger partial charge in [-0.25, -0.2) is 9.59 Å². The van der Waals surface area contributed by atoms with E-state index in [9.17, 15) is 19.2 Å². The van der Waals surface area contributed by atoms with Crippen LogP contribution in [0.1, 0.15) is 12.8 Å². The van der Waals surface area contributed by atoms with Crippen molar-refractivity contribution < 1.29 is 33.8 Å². The highest BCUT2D eigenvalue weighted by Crippen LogP contribution is 1.99. The summed E-state index contributed by atoms with van der Waals surface area (Å²) in [5.41, 5.74) is 5.18. The highest BCUT2D eigenvalue weighted by molar-refractivity contribution is 5.85.